The fraction of sp³-hybridized carbons (Fsp3) is 0.296. The molecule has 0 bridgehead atoms. The smallest absolute Gasteiger partial charge is 0.127 e. The van der Waals surface area contributed by atoms with Crippen molar-refractivity contribution < 1.29 is 5.11 Å². The summed E-state index contributed by atoms with van der Waals surface area (Å²) < 4.78 is 1.10. The predicted octanol–water partition coefficient (Wildman–Crippen LogP) is 6.01. The van der Waals surface area contributed by atoms with E-state index in [1.807, 2.05) is 18.2 Å². The highest BCUT2D eigenvalue weighted by Gasteiger charge is 2.38. The molecule has 0 saturated carbocycles. The summed E-state index contributed by atoms with van der Waals surface area (Å²) >= 11 is 1.67. The average molecular weight is 457 g/mol. The third-order valence-corrected chi connectivity index (χ3v) is 8.01. The third kappa shape index (κ3) is 3.32. The van der Waals surface area contributed by atoms with Gasteiger partial charge in [0.2, 0.25) is 0 Å². The Morgan fingerprint density at radius 1 is 1.03 bits per heavy atom. The van der Waals surface area contributed by atoms with Crippen molar-refractivity contribution in [2.45, 2.75) is 38.3 Å². The van der Waals surface area contributed by atoms with Gasteiger partial charge < -0.3 is 10.1 Å². The van der Waals surface area contributed by atoms with Gasteiger partial charge >= 0.3 is 0 Å². The molecule has 1 atom stereocenters. The molecule has 4 heterocycles. The van der Waals surface area contributed by atoms with Crippen LogP contribution in [0.3, 0.4) is 0 Å². The lowest BCUT2D eigenvalue weighted by Gasteiger charge is -2.32. The standard InChI is InChI=1S/C27H28N4OS/c1-2-27(32,20-11-5-3-9-18(20)17-31-14-7-8-15-31)23-19-10-4-6-12-21(19)28-24(23)25-26-22(29-30-25)13-16-33-26/h3-6,9-13,16,28,32H,2,7-8,14-15,17H2,1H3,(H,29,30). The minimum atomic E-state index is -1.15. The van der Waals surface area contributed by atoms with E-state index in [1.165, 1.54) is 18.4 Å². The molecule has 1 fully saturated rings. The Hall–Kier alpha value is -2.93. The maximum atomic E-state index is 12.5. The Balaban J connectivity index is 1.59. The quantitative estimate of drug-likeness (QED) is 0.293. The summed E-state index contributed by atoms with van der Waals surface area (Å²) in [6.45, 7) is 5.19. The number of benzene rings is 2. The van der Waals surface area contributed by atoms with Crippen molar-refractivity contribution >= 4 is 32.5 Å². The largest absolute Gasteiger partial charge is 0.380 e. The van der Waals surface area contributed by atoms with E-state index >= 15 is 0 Å². The first kappa shape index (κ1) is 20.7. The molecular weight excluding hydrogens is 428 g/mol. The van der Waals surface area contributed by atoms with Crippen molar-refractivity contribution in [2.24, 2.45) is 0 Å². The van der Waals surface area contributed by atoms with Crippen LogP contribution >= 0.6 is 11.3 Å². The van der Waals surface area contributed by atoms with Crippen LogP contribution in [0.5, 0.6) is 0 Å². The van der Waals surface area contributed by atoms with E-state index in [2.05, 4.69) is 68.8 Å². The van der Waals surface area contributed by atoms with Crippen LogP contribution in [0, 0.1) is 0 Å². The van der Waals surface area contributed by atoms with Crippen molar-refractivity contribution in [1.82, 2.24) is 20.1 Å². The van der Waals surface area contributed by atoms with E-state index in [0.29, 0.717) is 6.42 Å². The van der Waals surface area contributed by atoms with Gasteiger partial charge in [-0.2, -0.15) is 5.10 Å². The highest BCUT2D eigenvalue weighted by atomic mass is 32.1. The summed E-state index contributed by atoms with van der Waals surface area (Å²) in [6, 6.07) is 18.7. The number of aromatic nitrogens is 3. The number of aromatic amines is 2. The number of thiophene rings is 1. The maximum Gasteiger partial charge on any atom is 0.127 e. The number of H-pyrrole nitrogens is 2. The van der Waals surface area contributed by atoms with Gasteiger partial charge in [-0.05, 0) is 61.0 Å². The van der Waals surface area contributed by atoms with Gasteiger partial charge in [0.15, 0.2) is 0 Å². The van der Waals surface area contributed by atoms with E-state index in [9.17, 15) is 5.11 Å². The molecular formula is C27H28N4OS. The molecule has 1 aliphatic heterocycles. The maximum absolute atomic E-state index is 12.5. The van der Waals surface area contributed by atoms with Crippen LogP contribution in [0.1, 0.15) is 42.9 Å². The van der Waals surface area contributed by atoms with Crippen molar-refractivity contribution in [3.8, 4) is 11.4 Å². The van der Waals surface area contributed by atoms with E-state index < -0.39 is 5.60 Å². The van der Waals surface area contributed by atoms with Crippen molar-refractivity contribution in [3.05, 3.63) is 76.7 Å². The molecule has 3 aromatic heterocycles. The zero-order valence-corrected chi connectivity index (χ0v) is 19.6. The number of nitrogens with one attached hydrogen (secondary N) is 2. The normalized spacial score (nSPS) is 16.7. The fourth-order valence-corrected chi connectivity index (χ4v) is 6.25. The molecule has 1 saturated heterocycles. The van der Waals surface area contributed by atoms with Crippen LogP contribution in [0.4, 0.5) is 0 Å². The summed E-state index contributed by atoms with van der Waals surface area (Å²) in [5, 5.41) is 23.5. The lowest BCUT2D eigenvalue weighted by atomic mass is 9.79. The summed E-state index contributed by atoms with van der Waals surface area (Å²) in [6.07, 6.45) is 3.07. The molecule has 168 valence electrons. The molecule has 1 unspecified atom stereocenters. The molecule has 33 heavy (non-hydrogen) atoms. The number of hydrogen-bond acceptors (Lipinski definition) is 4. The summed E-state index contributed by atoms with van der Waals surface area (Å²) in [5.41, 5.74) is 5.75. The molecule has 0 spiro atoms. The van der Waals surface area contributed by atoms with E-state index in [0.717, 1.165) is 63.3 Å². The SMILES string of the molecule is CCC(O)(c1ccccc1CN1CCCC1)c1c(-c2n[nH]c3ccsc23)[nH]c2ccccc12. The Bertz CT molecular complexity index is 1420. The molecule has 1 aliphatic rings. The first-order valence-electron chi connectivity index (χ1n) is 11.8. The van der Waals surface area contributed by atoms with Crippen LogP contribution in [-0.2, 0) is 12.1 Å². The highest BCUT2D eigenvalue weighted by molar-refractivity contribution is 7.17. The highest BCUT2D eigenvalue weighted by Crippen LogP contribution is 2.45. The van der Waals surface area contributed by atoms with Gasteiger partial charge in [-0.15, -0.1) is 11.3 Å². The molecule has 0 aliphatic carbocycles. The van der Waals surface area contributed by atoms with Gasteiger partial charge in [0, 0.05) is 23.0 Å². The first-order valence-corrected chi connectivity index (χ1v) is 12.6. The number of likely N-dealkylation sites (tertiary alicyclic amines) is 1. The number of aliphatic hydroxyl groups is 1. The van der Waals surface area contributed by atoms with Gasteiger partial charge in [0.1, 0.15) is 11.3 Å². The van der Waals surface area contributed by atoms with E-state index in [-0.39, 0.29) is 0 Å². The number of rotatable bonds is 6. The third-order valence-electron chi connectivity index (χ3n) is 7.09. The topological polar surface area (TPSA) is 67.9 Å². The summed E-state index contributed by atoms with van der Waals surface area (Å²) in [4.78, 5) is 6.10. The van der Waals surface area contributed by atoms with Gasteiger partial charge in [0.05, 0.1) is 15.9 Å². The predicted molar refractivity (Wildman–Crippen MR) is 136 cm³/mol. The second-order valence-electron chi connectivity index (χ2n) is 9.01. The molecule has 6 heteroatoms. The minimum absolute atomic E-state index is 0.566. The fourth-order valence-electron chi connectivity index (χ4n) is 5.41. The second kappa shape index (κ2) is 8.13. The molecule has 6 rings (SSSR count). The van der Waals surface area contributed by atoms with Gasteiger partial charge in [-0.3, -0.25) is 10.00 Å². The Kier molecular flexibility index (Phi) is 5.09. The van der Waals surface area contributed by atoms with Crippen molar-refractivity contribution in [3.63, 3.8) is 0 Å². The van der Waals surface area contributed by atoms with E-state index in [1.54, 1.807) is 11.3 Å². The number of para-hydroxylation sites is 1. The first-order chi connectivity index (χ1) is 16.2. The number of fused-ring (bicyclic) bond motifs is 2. The molecule has 0 radical (unpaired) electrons. The molecule has 0 amide bonds. The Labute approximate surface area is 197 Å². The van der Waals surface area contributed by atoms with Crippen LogP contribution in [0.15, 0.2) is 60.0 Å². The number of hydrogen-bond donors (Lipinski definition) is 3. The zero-order chi connectivity index (χ0) is 22.4. The summed E-state index contributed by atoms with van der Waals surface area (Å²) in [5.74, 6) is 0. The van der Waals surface area contributed by atoms with Gasteiger partial charge in [-0.25, -0.2) is 0 Å². The van der Waals surface area contributed by atoms with Crippen molar-refractivity contribution in [2.75, 3.05) is 13.1 Å². The summed E-state index contributed by atoms with van der Waals surface area (Å²) in [7, 11) is 0. The van der Waals surface area contributed by atoms with Crippen LogP contribution in [0.2, 0.25) is 0 Å². The Morgan fingerprint density at radius 3 is 2.67 bits per heavy atom. The van der Waals surface area contributed by atoms with Gasteiger partial charge in [0.25, 0.3) is 0 Å². The van der Waals surface area contributed by atoms with Crippen LogP contribution in [0.25, 0.3) is 32.5 Å². The Morgan fingerprint density at radius 2 is 1.82 bits per heavy atom. The molecule has 5 aromatic rings. The van der Waals surface area contributed by atoms with Crippen LogP contribution < -0.4 is 0 Å². The molecule has 3 N–H and O–H groups in total. The molecule has 2 aromatic carbocycles. The van der Waals surface area contributed by atoms with E-state index in [4.69, 9.17) is 0 Å². The van der Waals surface area contributed by atoms with Gasteiger partial charge in [-0.1, -0.05) is 49.4 Å². The monoisotopic (exact) mass is 456 g/mol. The van der Waals surface area contributed by atoms with Crippen LogP contribution in [-0.4, -0.2) is 38.3 Å². The molecule has 5 nitrogen and oxygen atoms in total. The lowest BCUT2D eigenvalue weighted by molar-refractivity contribution is 0.0769. The van der Waals surface area contributed by atoms with Crippen molar-refractivity contribution in [1.29, 1.82) is 0 Å². The number of nitrogens with zero attached hydrogens (tertiary/aromatic N) is 2. The lowest BCUT2D eigenvalue weighted by Crippen LogP contribution is -2.30. The average Bonchev–Trinajstić information content (AvgIpc) is 3.62. The minimum Gasteiger partial charge on any atom is -0.380 e. The zero-order valence-electron chi connectivity index (χ0n) is 18.8. The second-order valence-corrected chi connectivity index (χ2v) is 9.93.